The summed E-state index contributed by atoms with van der Waals surface area (Å²) in [6.45, 7) is 2.57. The lowest BCUT2D eigenvalue weighted by Gasteiger charge is -2.06. The van der Waals surface area contributed by atoms with Crippen molar-refractivity contribution in [2.45, 2.75) is 13.0 Å². The highest BCUT2D eigenvalue weighted by atomic mass is 35.5. The monoisotopic (exact) mass is 159 g/mol. The van der Waals surface area contributed by atoms with Crippen molar-refractivity contribution in [3.05, 3.63) is 17.4 Å². The molecule has 0 aliphatic rings. The normalized spacial score (nSPS) is 13.5. The minimum absolute atomic E-state index is 0.229. The van der Waals surface area contributed by atoms with Gasteiger partial charge in [0.15, 0.2) is 0 Å². The molecule has 2 N–H and O–H groups in total. The van der Waals surface area contributed by atoms with E-state index < -0.39 is 0 Å². The largest absolute Gasteiger partial charge is 0.328 e. The lowest BCUT2D eigenvalue weighted by atomic mass is 10.3. The van der Waals surface area contributed by atoms with Crippen molar-refractivity contribution in [2.24, 2.45) is 5.73 Å². The highest BCUT2D eigenvalue weighted by molar-refractivity contribution is 6.30. The predicted octanol–water partition coefficient (Wildman–Crippen LogP) is 1.06. The maximum Gasteiger partial charge on any atom is 0.0785 e. The summed E-state index contributed by atoms with van der Waals surface area (Å²) < 4.78 is 1.75. The predicted molar refractivity (Wildman–Crippen MR) is 41.0 cm³/mol. The van der Waals surface area contributed by atoms with Crippen molar-refractivity contribution in [3.8, 4) is 0 Å². The zero-order chi connectivity index (χ0) is 7.56. The van der Waals surface area contributed by atoms with Crippen LogP contribution in [0.2, 0.25) is 5.02 Å². The van der Waals surface area contributed by atoms with Gasteiger partial charge in [-0.1, -0.05) is 11.6 Å². The van der Waals surface area contributed by atoms with Gasteiger partial charge in [0.2, 0.25) is 0 Å². The first-order valence-electron chi connectivity index (χ1n) is 3.13. The number of aromatic nitrogens is 2. The summed E-state index contributed by atoms with van der Waals surface area (Å²) in [5, 5.41) is 4.64. The maximum atomic E-state index is 5.64. The average Bonchev–Trinajstić information content (AvgIpc) is 2.34. The SMILES string of the molecule is CC(CN)n1cc(Cl)cn1. The van der Waals surface area contributed by atoms with Gasteiger partial charge in [0.1, 0.15) is 0 Å². The Morgan fingerprint density at radius 3 is 3.00 bits per heavy atom. The maximum absolute atomic E-state index is 5.64. The van der Waals surface area contributed by atoms with E-state index >= 15 is 0 Å². The molecule has 10 heavy (non-hydrogen) atoms. The highest BCUT2D eigenvalue weighted by Crippen LogP contribution is 2.08. The fraction of sp³-hybridized carbons (Fsp3) is 0.500. The van der Waals surface area contributed by atoms with Crippen LogP contribution in [0.3, 0.4) is 0 Å². The van der Waals surface area contributed by atoms with Gasteiger partial charge >= 0.3 is 0 Å². The Balaban J connectivity index is 2.74. The second-order valence-corrected chi connectivity index (χ2v) is 2.66. The molecule has 1 unspecified atom stereocenters. The van der Waals surface area contributed by atoms with Gasteiger partial charge in [-0.05, 0) is 6.92 Å². The lowest BCUT2D eigenvalue weighted by Crippen LogP contribution is -2.16. The number of rotatable bonds is 2. The van der Waals surface area contributed by atoms with Crippen LogP contribution in [-0.4, -0.2) is 16.3 Å². The smallest absolute Gasteiger partial charge is 0.0785 e. The first-order chi connectivity index (χ1) is 4.74. The Morgan fingerprint density at radius 2 is 2.60 bits per heavy atom. The van der Waals surface area contributed by atoms with Crippen LogP contribution in [0.5, 0.6) is 0 Å². The number of hydrogen-bond donors (Lipinski definition) is 1. The van der Waals surface area contributed by atoms with Gasteiger partial charge in [-0.15, -0.1) is 0 Å². The zero-order valence-electron chi connectivity index (χ0n) is 5.79. The number of halogens is 1. The Bertz CT molecular complexity index is 209. The molecule has 0 spiro atoms. The topological polar surface area (TPSA) is 43.8 Å². The molecular formula is C6H10ClN3. The van der Waals surface area contributed by atoms with E-state index in [1.165, 1.54) is 0 Å². The van der Waals surface area contributed by atoms with Gasteiger partial charge in [0.05, 0.1) is 17.3 Å². The van der Waals surface area contributed by atoms with Crippen LogP contribution in [0.4, 0.5) is 0 Å². The molecule has 0 aliphatic heterocycles. The summed E-state index contributed by atoms with van der Waals surface area (Å²) in [6.07, 6.45) is 3.37. The Labute approximate surface area is 64.8 Å². The molecule has 0 radical (unpaired) electrons. The molecule has 3 nitrogen and oxygen atoms in total. The molecule has 1 atom stereocenters. The minimum atomic E-state index is 0.229. The standard InChI is InChI=1S/C6H10ClN3/c1-5(2-8)10-4-6(7)3-9-10/h3-5H,2,8H2,1H3. The number of nitrogens with zero attached hydrogens (tertiary/aromatic N) is 2. The molecule has 1 aromatic heterocycles. The van der Waals surface area contributed by atoms with Gasteiger partial charge in [-0.3, -0.25) is 4.68 Å². The third-order valence-corrected chi connectivity index (χ3v) is 1.56. The van der Waals surface area contributed by atoms with Crippen LogP contribution in [0.15, 0.2) is 12.4 Å². The molecule has 0 saturated heterocycles. The fourth-order valence-corrected chi connectivity index (χ4v) is 0.808. The first kappa shape index (κ1) is 7.57. The Morgan fingerprint density at radius 1 is 1.90 bits per heavy atom. The van der Waals surface area contributed by atoms with E-state index in [0.29, 0.717) is 11.6 Å². The van der Waals surface area contributed by atoms with Crippen molar-refractivity contribution < 1.29 is 0 Å². The van der Waals surface area contributed by atoms with Gasteiger partial charge < -0.3 is 5.73 Å². The van der Waals surface area contributed by atoms with Crippen molar-refractivity contribution in [2.75, 3.05) is 6.54 Å². The number of hydrogen-bond acceptors (Lipinski definition) is 2. The van der Waals surface area contributed by atoms with E-state index in [4.69, 9.17) is 17.3 Å². The Kier molecular flexibility index (Phi) is 2.29. The van der Waals surface area contributed by atoms with Crippen molar-refractivity contribution in [3.63, 3.8) is 0 Å². The second-order valence-electron chi connectivity index (χ2n) is 2.22. The summed E-state index contributed by atoms with van der Waals surface area (Å²) in [6, 6.07) is 0.229. The van der Waals surface area contributed by atoms with E-state index in [1.807, 2.05) is 6.92 Å². The summed E-state index contributed by atoms with van der Waals surface area (Å²) in [4.78, 5) is 0. The minimum Gasteiger partial charge on any atom is -0.328 e. The summed E-state index contributed by atoms with van der Waals surface area (Å²) in [7, 11) is 0. The molecule has 0 saturated carbocycles. The highest BCUT2D eigenvalue weighted by Gasteiger charge is 2.01. The van der Waals surface area contributed by atoms with Crippen molar-refractivity contribution in [1.82, 2.24) is 9.78 Å². The third kappa shape index (κ3) is 1.49. The molecule has 0 fully saturated rings. The molecule has 4 heteroatoms. The van der Waals surface area contributed by atoms with Crippen LogP contribution in [0.25, 0.3) is 0 Å². The summed E-state index contributed by atoms with van der Waals surface area (Å²) in [5.74, 6) is 0. The van der Waals surface area contributed by atoms with Gasteiger partial charge in [-0.25, -0.2) is 0 Å². The van der Waals surface area contributed by atoms with E-state index in [9.17, 15) is 0 Å². The van der Waals surface area contributed by atoms with Crippen LogP contribution >= 0.6 is 11.6 Å². The van der Waals surface area contributed by atoms with E-state index in [-0.39, 0.29) is 6.04 Å². The molecule has 0 amide bonds. The lowest BCUT2D eigenvalue weighted by molar-refractivity contribution is 0.501. The van der Waals surface area contributed by atoms with Crippen LogP contribution < -0.4 is 5.73 Å². The van der Waals surface area contributed by atoms with Crippen LogP contribution in [0, 0.1) is 0 Å². The summed E-state index contributed by atoms with van der Waals surface area (Å²) in [5.41, 5.74) is 5.41. The molecular weight excluding hydrogens is 150 g/mol. The van der Waals surface area contributed by atoms with E-state index in [2.05, 4.69) is 5.10 Å². The molecule has 1 rings (SSSR count). The van der Waals surface area contributed by atoms with Gasteiger partial charge in [0, 0.05) is 12.7 Å². The Hall–Kier alpha value is -0.540. The van der Waals surface area contributed by atoms with Gasteiger partial charge in [0.25, 0.3) is 0 Å². The molecule has 0 aromatic carbocycles. The third-order valence-electron chi connectivity index (χ3n) is 1.36. The molecule has 1 aromatic rings. The zero-order valence-corrected chi connectivity index (χ0v) is 6.54. The molecule has 56 valence electrons. The van der Waals surface area contributed by atoms with E-state index in [0.717, 1.165) is 0 Å². The molecule has 1 heterocycles. The van der Waals surface area contributed by atoms with Crippen LogP contribution in [-0.2, 0) is 0 Å². The van der Waals surface area contributed by atoms with E-state index in [1.54, 1.807) is 17.1 Å². The van der Waals surface area contributed by atoms with Gasteiger partial charge in [-0.2, -0.15) is 5.10 Å². The molecule has 0 bridgehead atoms. The quantitative estimate of drug-likeness (QED) is 0.701. The van der Waals surface area contributed by atoms with Crippen molar-refractivity contribution >= 4 is 11.6 Å². The first-order valence-corrected chi connectivity index (χ1v) is 3.51. The average molecular weight is 160 g/mol. The number of nitrogens with two attached hydrogens (primary N) is 1. The second kappa shape index (κ2) is 3.03. The van der Waals surface area contributed by atoms with Crippen molar-refractivity contribution in [1.29, 1.82) is 0 Å². The summed E-state index contributed by atoms with van der Waals surface area (Å²) >= 11 is 5.64. The van der Waals surface area contributed by atoms with Crippen LogP contribution in [0.1, 0.15) is 13.0 Å². The molecule has 0 aliphatic carbocycles. The fourth-order valence-electron chi connectivity index (χ4n) is 0.664.